The van der Waals surface area contributed by atoms with Gasteiger partial charge in [-0.2, -0.15) is 0 Å². The van der Waals surface area contributed by atoms with E-state index in [-0.39, 0.29) is 18.4 Å². The molecule has 17 heavy (non-hydrogen) atoms. The van der Waals surface area contributed by atoms with Gasteiger partial charge < -0.3 is 14.7 Å². The number of ether oxygens (including phenoxy) is 1. The van der Waals surface area contributed by atoms with Crippen LogP contribution in [0.25, 0.3) is 0 Å². The molecule has 0 bridgehead atoms. The van der Waals surface area contributed by atoms with Gasteiger partial charge in [-0.1, -0.05) is 0 Å². The minimum atomic E-state index is -0.627. The molecular weight excluding hydrogens is 220 g/mol. The molecule has 0 spiro atoms. The van der Waals surface area contributed by atoms with Crippen molar-refractivity contribution in [3.8, 4) is 5.88 Å². The Morgan fingerprint density at radius 1 is 1.59 bits per heavy atom. The van der Waals surface area contributed by atoms with Crippen LogP contribution in [0.1, 0.15) is 24.2 Å². The molecule has 0 aliphatic heterocycles. The minimum Gasteiger partial charge on any atom is -0.480 e. The molecule has 0 aliphatic carbocycles. The van der Waals surface area contributed by atoms with Crippen LogP contribution in [0.3, 0.4) is 0 Å². The number of aromatic nitrogens is 1. The first kappa shape index (κ1) is 13.4. The SMILES string of the molecule is COc1ncccc1C(=O)N(C)C(C)(C)CO. The molecule has 0 fully saturated rings. The molecule has 0 aliphatic rings. The Kier molecular flexibility index (Phi) is 4.07. The number of aliphatic hydroxyl groups excluding tert-OH is 1. The van der Waals surface area contributed by atoms with Crippen molar-refractivity contribution in [2.45, 2.75) is 19.4 Å². The summed E-state index contributed by atoms with van der Waals surface area (Å²) in [5, 5.41) is 9.25. The first-order chi connectivity index (χ1) is 7.94. The molecule has 1 rings (SSSR count). The lowest BCUT2D eigenvalue weighted by atomic mass is 10.0. The summed E-state index contributed by atoms with van der Waals surface area (Å²) in [5.41, 5.74) is -0.239. The summed E-state index contributed by atoms with van der Waals surface area (Å²) in [6.45, 7) is 3.46. The fraction of sp³-hybridized carbons (Fsp3) is 0.500. The number of likely N-dealkylation sites (N-methyl/N-ethyl adjacent to an activating group) is 1. The highest BCUT2D eigenvalue weighted by Gasteiger charge is 2.29. The van der Waals surface area contributed by atoms with Gasteiger partial charge in [-0.3, -0.25) is 4.79 Å². The number of hydrogen-bond acceptors (Lipinski definition) is 4. The highest BCUT2D eigenvalue weighted by molar-refractivity contribution is 5.96. The Hall–Kier alpha value is -1.62. The fourth-order valence-corrected chi connectivity index (χ4v) is 1.28. The van der Waals surface area contributed by atoms with E-state index in [2.05, 4.69) is 4.98 Å². The minimum absolute atomic E-state index is 0.113. The van der Waals surface area contributed by atoms with Crippen molar-refractivity contribution in [3.63, 3.8) is 0 Å². The Labute approximate surface area is 101 Å². The predicted octanol–water partition coefficient (Wildman–Crippen LogP) is 0.933. The first-order valence-electron chi connectivity index (χ1n) is 5.32. The molecule has 94 valence electrons. The lowest BCUT2D eigenvalue weighted by Crippen LogP contribution is -2.47. The average molecular weight is 238 g/mol. The second kappa shape index (κ2) is 5.14. The summed E-state index contributed by atoms with van der Waals surface area (Å²) in [4.78, 5) is 17.7. The molecule has 1 heterocycles. The van der Waals surface area contributed by atoms with Crippen molar-refractivity contribution >= 4 is 5.91 Å². The van der Waals surface area contributed by atoms with E-state index < -0.39 is 5.54 Å². The number of pyridine rings is 1. The van der Waals surface area contributed by atoms with E-state index in [9.17, 15) is 9.90 Å². The largest absolute Gasteiger partial charge is 0.480 e. The third-order valence-corrected chi connectivity index (χ3v) is 2.79. The molecule has 0 saturated carbocycles. The number of methoxy groups -OCH3 is 1. The zero-order valence-electron chi connectivity index (χ0n) is 10.6. The van der Waals surface area contributed by atoms with Gasteiger partial charge in [-0.05, 0) is 26.0 Å². The van der Waals surface area contributed by atoms with Gasteiger partial charge in [-0.25, -0.2) is 4.98 Å². The number of amides is 1. The average Bonchev–Trinajstić information content (AvgIpc) is 2.36. The number of carbonyl (C=O) groups excluding carboxylic acids is 1. The van der Waals surface area contributed by atoms with Crippen LogP contribution in [0.5, 0.6) is 5.88 Å². The second-order valence-electron chi connectivity index (χ2n) is 4.39. The molecule has 0 unspecified atom stereocenters. The zero-order chi connectivity index (χ0) is 13.1. The van der Waals surface area contributed by atoms with E-state index >= 15 is 0 Å². The number of rotatable bonds is 4. The van der Waals surface area contributed by atoms with Crippen LogP contribution in [0, 0.1) is 0 Å². The molecule has 5 nitrogen and oxygen atoms in total. The van der Waals surface area contributed by atoms with Gasteiger partial charge in [0.25, 0.3) is 5.91 Å². The van der Waals surface area contributed by atoms with Crippen molar-refractivity contribution < 1.29 is 14.6 Å². The molecule has 1 aromatic heterocycles. The molecular formula is C12H18N2O3. The molecule has 1 aromatic rings. The summed E-state index contributed by atoms with van der Waals surface area (Å²) in [6, 6.07) is 3.33. The Balaban J connectivity index is 3.04. The first-order valence-corrected chi connectivity index (χ1v) is 5.32. The van der Waals surface area contributed by atoms with Crippen LogP contribution >= 0.6 is 0 Å². The van der Waals surface area contributed by atoms with Gasteiger partial charge in [0, 0.05) is 13.2 Å². The van der Waals surface area contributed by atoms with Gasteiger partial charge in [0.1, 0.15) is 5.56 Å². The van der Waals surface area contributed by atoms with E-state index in [4.69, 9.17) is 4.74 Å². The number of nitrogens with zero attached hydrogens (tertiary/aromatic N) is 2. The van der Waals surface area contributed by atoms with Crippen LogP contribution in [0.2, 0.25) is 0 Å². The van der Waals surface area contributed by atoms with Gasteiger partial charge in [0.2, 0.25) is 5.88 Å². The van der Waals surface area contributed by atoms with Crippen LogP contribution in [0.4, 0.5) is 0 Å². The maximum absolute atomic E-state index is 12.2. The van der Waals surface area contributed by atoms with Crippen molar-refractivity contribution in [1.82, 2.24) is 9.88 Å². The van der Waals surface area contributed by atoms with Crippen molar-refractivity contribution in [1.29, 1.82) is 0 Å². The van der Waals surface area contributed by atoms with Gasteiger partial charge >= 0.3 is 0 Å². The van der Waals surface area contributed by atoms with E-state index in [1.807, 2.05) is 0 Å². The summed E-state index contributed by atoms with van der Waals surface area (Å²) in [7, 11) is 3.11. The topological polar surface area (TPSA) is 62.7 Å². The third kappa shape index (κ3) is 2.74. The van der Waals surface area contributed by atoms with Crippen LogP contribution in [0.15, 0.2) is 18.3 Å². The van der Waals surface area contributed by atoms with Gasteiger partial charge in [0.15, 0.2) is 0 Å². The van der Waals surface area contributed by atoms with Crippen molar-refractivity contribution in [2.24, 2.45) is 0 Å². The summed E-state index contributed by atoms with van der Waals surface area (Å²) in [5.74, 6) is 0.0621. The fourth-order valence-electron chi connectivity index (χ4n) is 1.28. The standard InChI is InChI=1S/C12H18N2O3/c1-12(2,8-15)14(3)11(16)9-6-5-7-13-10(9)17-4/h5-7,15H,8H2,1-4H3. The number of hydrogen-bond donors (Lipinski definition) is 1. The summed E-state index contributed by atoms with van der Waals surface area (Å²) in [6.07, 6.45) is 1.56. The monoisotopic (exact) mass is 238 g/mol. The molecule has 0 aromatic carbocycles. The summed E-state index contributed by atoms with van der Waals surface area (Å²) < 4.78 is 5.04. The molecule has 0 atom stereocenters. The summed E-state index contributed by atoms with van der Waals surface area (Å²) >= 11 is 0. The number of aliphatic hydroxyl groups is 1. The van der Waals surface area contributed by atoms with Gasteiger partial charge in [0.05, 0.1) is 19.3 Å². The van der Waals surface area contributed by atoms with E-state index in [0.29, 0.717) is 5.56 Å². The van der Waals surface area contributed by atoms with Crippen LogP contribution in [-0.4, -0.2) is 47.2 Å². The van der Waals surface area contributed by atoms with Crippen molar-refractivity contribution in [3.05, 3.63) is 23.9 Å². The third-order valence-electron chi connectivity index (χ3n) is 2.79. The van der Waals surface area contributed by atoms with E-state index in [1.165, 1.54) is 12.0 Å². The van der Waals surface area contributed by atoms with Crippen LogP contribution < -0.4 is 4.74 Å². The van der Waals surface area contributed by atoms with E-state index in [1.54, 1.807) is 39.2 Å². The molecule has 0 radical (unpaired) electrons. The Bertz CT molecular complexity index is 404. The smallest absolute Gasteiger partial charge is 0.259 e. The van der Waals surface area contributed by atoms with Gasteiger partial charge in [-0.15, -0.1) is 0 Å². The van der Waals surface area contributed by atoms with Crippen molar-refractivity contribution in [2.75, 3.05) is 20.8 Å². The molecule has 0 saturated heterocycles. The quantitative estimate of drug-likeness (QED) is 0.847. The predicted molar refractivity (Wildman–Crippen MR) is 64.0 cm³/mol. The number of carbonyl (C=O) groups is 1. The highest BCUT2D eigenvalue weighted by atomic mass is 16.5. The zero-order valence-corrected chi connectivity index (χ0v) is 10.6. The second-order valence-corrected chi connectivity index (χ2v) is 4.39. The molecule has 1 amide bonds. The lowest BCUT2D eigenvalue weighted by Gasteiger charge is -2.34. The van der Waals surface area contributed by atoms with E-state index in [0.717, 1.165) is 0 Å². The maximum Gasteiger partial charge on any atom is 0.259 e. The maximum atomic E-state index is 12.2. The normalized spacial score (nSPS) is 11.1. The van der Waals surface area contributed by atoms with Crippen LogP contribution in [-0.2, 0) is 0 Å². The highest BCUT2D eigenvalue weighted by Crippen LogP contribution is 2.20. The Morgan fingerprint density at radius 2 is 2.24 bits per heavy atom. The lowest BCUT2D eigenvalue weighted by molar-refractivity contribution is 0.0469. The molecule has 1 N–H and O–H groups in total. The molecule has 5 heteroatoms. The Morgan fingerprint density at radius 3 is 2.76 bits per heavy atom.